The van der Waals surface area contributed by atoms with Crippen molar-refractivity contribution in [2.45, 2.75) is 38.4 Å². The van der Waals surface area contributed by atoms with Gasteiger partial charge in [0.1, 0.15) is 6.54 Å². The van der Waals surface area contributed by atoms with Crippen LogP contribution >= 0.6 is 0 Å². The van der Waals surface area contributed by atoms with Gasteiger partial charge in [0.05, 0.1) is 0 Å². The highest BCUT2D eigenvalue weighted by Crippen LogP contribution is 2.20. The summed E-state index contributed by atoms with van der Waals surface area (Å²) >= 11 is 0. The Hall–Kier alpha value is -2.08. The third-order valence-electron chi connectivity index (χ3n) is 5.31. The van der Waals surface area contributed by atoms with Crippen molar-refractivity contribution in [1.82, 2.24) is 20.0 Å². The van der Waals surface area contributed by atoms with E-state index in [2.05, 4.69) is 41.4 Å². The minimum Gasteiger partial charge on any atom is -0.342 e. The van der Waals surface area contributed by atoms with Gasteiger partial charge in [0, 0.05) is 45.3 Å². The van der Waals surface area contributed by atoms with Gasteiger partial charge in [0.15, 0.2) is 0 Å². The molecule has 2 fully saturated rings. The van der Waals surface area contributed by atoms with Gasteiger partial charge >= 0.3 is 6.03 Å². The van der Waals surface area contributed by atoms with E-state index in [1.54, 1.807) is 16.8 Å². The Labute approximate surface area is 149 Å². The van der Waals surface area contributed by atoms with Crippen molar-refractivity contribution in [2.24, 2.45) is 0 Å². The number of nitrogens with one attached hydrogen (secondary N) is 1. The molecule has 0 aliphatic carbocycles. The number of piperazine rings is 1. The van der Waals surface area contributed by atoms with Gasteiger partial charge in [-0.3, -0.25) is 9.69 Å². The predicted molar refractivity (Wildman–Crippen MR) is 97.1 cm³/mol. The Kier molecular flexibility index (Phi) is 5.58. The fourth-order valence-corrected chi connectivity index (χ4v) is 3.60. The molecule has 0 aromatic heterocycles. The van der Waals surface area contributed by atoms with Crippen LogP contribution in [-0.4, -0.2) is 71.9 Å². The van der Waals surface area contributed by atoms with Crippen LogP contribution in [0.3, 0.4) is 0 Å². The van der Waals surface area contributed by atoms with Crippen molar-refractivity contribution >= 4 is 11.9 Å². The molecule has 0 unspecified atom stereocenters. The van der Waals surface area contributed by atoms with E-state index in [0.717, 1.165) is 25.9 Å². The number of hydrogen-bond donors (Lipinski definition) is 1. The summed E-state index contributed by atoms with van der Waals surface area (Å²) in [5.74, 6) is 0.00690. The van der Waals surface area contributed by atoms with Crippen LogP contribution in [0, 0.1) is 0 Å². The Balaban J connectivity index is 1.48. The molecular weight excluding hydrogens is 316 g/mol. The van der Waals surface area contributed by atoms with Crippen molar-refractivity contribution in [3.05, 3.63) is 35.9 Å². The van der Waals surface area contributed by atoms with Crippen LogP contribution in [0.1, 0.15) is 25.3 Å². The number of hydrogen-bond acceptors (Lipinski definition) is 3. The van der Waals surface area contributed by atoms with Crippen LogP contribution in [-0.2, 0) is 11.3 Å². The molecule has 0 saturated carbocycles. The lowest BCUT2D eigenvalue weighted by molar-refractivity contribution is -0.133. The highest BCUT2D eigenvalue weighted by molar-refractivity contribution is 5.85. The van der Waals surface area contributed by atoms with Gasteiger partial charge in [-0.25, -0.2) is 4.79 Å². The van der Waals surface area contributed by atoms with Gasteiger partial charge in [-0.15, -0.1) is 0 Å². The van der Waals surface area contributed by atoms with E-state index in [1.165, 1.54) is 5.56 Å². The smallest absolute Gasteiger partial charge is 0.318 e. The zero-order valence-corrected chi connectivity index (χ0v) is 15.1. The first-order valence-corrected chi connectivity index (χ1v) is 9.10. The van der Waals surface area contributed by atoms with Crippen LogP contribution in [0.4, 0.5) is 4.79 Å². The molecule has 6 heteroatoms. The third-order valence-corrected chi connectivity index (χ3v) is 5.31. The van der Waals surface area contributed by atoms with Crippen molar-refractivity contribution < 1.29 is 9.59 Å². The van der Waals surface area contributed by atoms with Gasteiger partial charge in [-0.2, -0.15) is 0 Å². The molecule has 0 bridgehead atoms. The van der Waals surface area contributed by atoms with E-state index in [0.29, 0.717) is 19.1 Å². The molecule has 136 valence electrons. The highest BCUT2D eigenvalue weighted by atomic mass is 16.2. The second-order valence-electron chi connectivity index (χ2n) is 7.21. The number of benzene rings is 1. The monoisotopic (exact) mass is 344 g/mol. The number of amides is 3. The molecule has 1 N–H and O–H groups in total. The molecule has 2 heterocycles. The van der Waals surface area contributed by atoms with Crippen LogP contribution < -0.4 is 5.32 Å². The largest absolute Gasteiger partial charge is 0.342 e. The topological polar surface area (TPSA) is 55.9 Å². The molecule has 1 aromatic carbocycles. The predicted octanol–water partition coefficient (Wildman–Crippen LogP) is 1.52. The summed E-state index contributed by atoms with van der Waals surface area (Å²) in [6, 6.07) is 11.0. The quantitative estimate of drug-likeness (QED) is 0.905. The van der Waals surface area contributed by atoms with Crippen LogP contribution in [0.5, 0.6) is 0 Å². The van der Waals surface area contributed by atoms with Crippen molar-refractivity contribution in [3.63, 3.8) is 0 Å². The molecule has 2 aliphatic heterocycles. The lowest BCUT2D eigenvalue weighted by Crippen LogP contribution is -2.56. The average molecular weight is 344 g/mol. The maximum absolute atomic E-state index is 12.4. The van der Waals surface area contributed by atoms with Crippen molar-refractivity contribution in [2.75, 3.05) is 33.2 Å². The molecule has 0 spiro atoms. The lowest BCUT2D eigenvalue weighted by atomic mass is 9.97. The van der Waals surface area contributed by atoms with E-state index in [1.807, 2.05) is 6.07 Å². The Morgan fingerprint density at radius 3 is 2.64 bits per heavy atom. The summed E-state index contributed by atoms with van der Waals surface area (Å²) in [4.78, 5) is 30.0. The Bertz CT molecular complexity index is 607. The minimum absolute atomic E-state index is 0.00690. The van der Waals surface area contributed by atoms with E-state index in [4.69, 9.17) is 0 Å². The number of carbonyl (C=O) groups is 2. The first-order chi connectivity index (χ1) is 12.0. The third kappa shape index (κ3) is 4.51. The molecule has 0 radical (unpaired) electrons. The van der Waals surface area contributed by atoms with Gasteiger partial charge in [-0.05, 0) is 25.3 Å². The van der Waals surface area contributed by atoms with Gasteiger partial charge in [0.2, 0.25) is 5.91 Å². The molecule has 2 saturated heterocycles. The van der Waals surface area contributed by atoms with Crippen molar-refractivity contribution in [3.8, 4) is 0 Å². The van der Waals surface area contributed by atoms with E-state index < -0.39 is 0 Å². The molecule has 3 rings (SSSR count). The van der Waals surface area contributed by atoms with E-state index >= 15 is 0 Å². The maximum atomic E-state index is 12.4. The second kappa shape index (κ2) is 7.87. The number of nitrogens with zero attached hydrogens (tertiary/aromatic N) is 3. The number of carbonyl (C=O) groups excluding carboxylic acids is 2. The van der Waals surface area contributed by atoms with E-state index in [9.17, 15) is 9.59 Å². The zero-order valence-electron chi connectivity index (χ0n) is 15.1. The lowest BCUT2D eigenvalue weighted by Gasteiger charge is -2.39. The van der Waals surface area contributed by atoms with Crippen molar-refractivity contribution in [1.29, 1.82) is 0 Å². The summed E-state index contributed by atoms with van der Waals surface area (Å²) in [5, 5.41) is 3.13. The minimum atomic E-state index is -0.102. The van der Waals surface area contributed by atoms with Crippen LogP contribution in [0.25, 0.3) is 0 Å². The average Bonchev–Trinajstić information content (AvgIpc) is 2.60. The maximum Gasteiger partial charge on any atom is 0.318 e. The first-order valence-electron chi connectivity index (χ1n) is 9.10. The first kappa shape index (κ1) is 17.7. The molecule has 3 amide bonds. The summed E-state index contributed by atoms with van der Waals surface area (Å²) in [7, 11) is 1.78. The molecule has 2 atom stereocenters. The number of piperidine rings is 1. The standard InChI is InChI=1S/C19H28N4O2/c1-15-12-17(8-9-22(15)13-16-6-4-3-5-7-16)20-19(25)23-11-10-21(2)18(24)14-23/h3-7,15,17H,8-14H2,1-2H3,(H,20,25)/t15-,17-/m0/s1. The molecule has 6 nitrogen and oxygen atoms in total. The SMILES string of the molecule is C[C@H]1C[C@@H](NC(=O)N2CCN(C)C(=O)C2)CCN1Cc1ccccc1. The number of likely N-dealkylation sites (tertiary alicyclic amines) is 1. The summed E-state index contributed by atoms with van der Waals surface area (Å²) in [6.07, 6.45) is 1.89. The molecule has 2 aliphatic rings. The van der Waals surface area contributed by atoms with Crippen LogP contribution in [0.2, 0.25) is 0 Å². The van der Waals surface area contributed by atoms with Gasteiger partial charge < -0.3 is 15.1 Å². The zero-order chi connectivity index (χ0) is 17.8. The van der Waals surface area contributed by atoms with Crippen LogP contribution in [0.15, 0.2) is 30.3 Å². The number of rotatable bonds is 3. The van der Waals surface area contributed by atoms with Gasteiger partial charge in [-0.1, -0.05) is 30.3 Å². The fraction of sp³-hybridized carbons (Fsp3) is 0.579. The Morgan fingerprint density at radius 2 is 1.96 bits per heavy atom. The Morgan fingerprint density at radius 1 is 1.20 bits per heavy atom. The van der Waals surface area contributed by atoms with Gasteiger partial charge in [0.25, 0.3) is 0 Å². The molecule has 1 aromatic rings. The highest BCUT2D eigenvalue weighted by Gasteiger charge is 2.30. The summed E-state index contributed by atoms with van der Waals surface area (Å²) < 4.78 is 0. The normalized spacial score (nSPS) is 25.1. The summed E-state index contributed by atoms with van der Waals surface area (Å²) in [6.45, 7) is 5.55. The summed E-state index contributed by atoms with van der Waals surface area (Å²) in [5.41, 5.74) is 1.33. The molecular formula is C19H28N4O2. The van der Waals surface area contributed by atoms with E-state index in [-0.39, 0.29) is 24.5 Å². The number of urea groups is 1. The molecule has 25 heavy (non-hydrogen) atoms. The fourth-order valence-electron chi connectivity index (χ4n) is 3.60. The number of likely N-dealkylation sites (N-methyl/N-ethyl adjacent to an activating group) is 1. The second-order valence-corrected chi connectivity index (χ2v) is 7.21.